The lowest BCUT2D eigenvalue weighted by Gasteiger charge is -2.52. The molecule has 3 aliphatic rings. The van der Waals surface area contributed by atoms with Crippen molar-refractivity contribution < 1.29 is 14.3 Å². The van der Waals surface area contributed by atoms with Crippen molar-refractivity contribution in [2.75, 3.05) is 40.5 Å². The number of carbonyl (C=O) groups is 1. The van der Waals surface area contributed by atoms with Crippen LogP contribution >= 0.6 is 0 Å². The molecule has 176 valence electrons. The smallest absolute Gasteiger partial charge is 0.320 e. The van der Waals surface area contributed by atoms with Crippen molar-refractivity contribution in [3.8, 4) is 0 Å². The number of piperidine rings is 2. The Hall–Kier alpha value is -2.41. The minimum Gasteiger partial charge on any atom is -0.379 e. The highest BCUT2D eigenvalue weighted by Crippen LogP contribution is 2.43. The molecule has 0 radical (unpaired) electrons. The van der Waals surface area contributed by atoms with Gasteiger partial charge in [-0.25, -0.2) is 4.79 Å². The van der Waals surface area contributed by atoms with Crippen LogP contribution in [0.1, 0.15) is 42.0 Å². The van der Waals surface area contributed by atoms with E-state index in [1.54, 1.807) is 14.2 Å². The van der Waals surface area contributed by atoms with Crippen molar-refractivity contribution in [1.82, 2.24) is 15.1 Å². The van der Waals surface area contributed by atoms with Crippen molar-refractivity contribution in [2.24, 2.45) is 5.92 Å². The molecule has 2 aromatic carbocycles. The van der Waals surface area contributed by atoms with Gasteiger partial charge in [-0.3, -0.25) is 4.90 Å². The maximum absolute atomic E-state index is 13.7. The molecule has 5 rings (SSSR count). The molecule has 6 heteroatoms. The zero-order valence-electron chi connectivity index (χ0n) is 19.7. The molecule has 3 aliphatic heterocycles. The standard InChI is InChI=1S/C27H35N3O3/c1-32-19-27(33-2,22-11-4-3-5-12-22)28-26(31)30-15-8-10-21-18-29-16-14-20-9-6-7-13-23(20)25(29)17-24(21)30/h3-7,9,11-13,21,24-25H,8,10,14-19H2,1-2H3,(H,28,31)/t21-,24+,25+,27-/m0/s1. The number of hydrogen-bond donors (Lipinski definition) is 1. The minimum absolute atomic E-state index is 0.0648. The number of hydrogen-bond acceptors (Lipinski definition) is 4. The number of fused-ring (bicyclic) bond motifs is 4. The molecule has 0 aromatic heterocycles. The highest BCUT2D eigenvalue weighted by Gasteiger charge is 2.45. The van der Waals surface area contributed by atoms with E-state index in [4.69, 9.17) is 9.47 Å². The van der Waals surface area contributed by atoms with Crippen LogP contribution in [0.2, 0.25) is 0 Å². The van der Waals surface area contributed by atoms with Gasteiger partial charge < -0.3 is 19.7 Å². The predicted octanol–water partition coefficient (Wildman–Crippen LogP) is 3.93. The predicted molar refractivity (Wildman–Crippen MR) is 128 cm³/mol. The highest BCUT2D eigenvalue weighted by atomic mass is 16.5. The fourth-order valence-corrected chi connectivity index (χ4v) is 6.22. The van der Waals surface area contributed by atoms with Gasteiger partial charge in [0.15, 0.2) is 5.72 Å². The molecule has 2 aromatic rings. The van der Waals surface area contributed by atoms with Gasteiger partial charge in [-0.15, -0.1) is 0 Å². The third-order valence-electron chi connectivity index (χ3n) is 7.88. The second-order valence-corrected chi connectivity index (χ2v) is 9.62. The summed E-state index contributed by atoms with van der Waals surface area (Å²) < 4.78 is 11.4. The van der Waals surface area contributed by atoms with Crippen LogP contribution in [0, 0.1) is 5.92 Å². The first-order valence-electron chi connectivity index (χ1n) is 12.2. The Morgan fingerprint density at radius 3 is 2.67 bits per heavy atom. The number of rotatable bonds is 5. The van der Waals surface area contributed by atoms with Crippen molar-refractivity contribution in [3.63, 3.8) is 0 Å². The molecule has 1 N–H and O–H groups in total. The molecule has 2 fully saturated rings. The first-order chi connectivity index (χ1) is 16.1. The van der Waals surface area contributed by atoms with Gasteiger partial charge in [0.05, 0.1) is 6.61 Å². The molecule has 0 aliphatic carbocycles. The Balaban J connectivity index is 1.39. The lowest BCUT2D eigenvalue weighted by atomic mass is 9.77. The van der Waals surface area contributed by atoms with Crippen LogP contribution < -0.4 is 5.32 Å². The van der Waals surface area contributed by atoms with E-state index in [1.165, 1.54) is 17.5 Å². The van der Waals surface area contributed by atoms with Gasteiger partial charge in [-0.2, -0.15) is 0 Å². The first kappa shape index (κ1) is 22.4. The van der Waals surface area contributed by atoms with Gasteiger partial charge in [0.2, 0.25) is 0 Å². The summed E-state index contributed by atoms with van der Waals surface area (Å²) in [5.41, 5.74) is 2.78. The van der Waals surface area contributed by atoms with Gasteiger partial charge in [-0.1, -0.05) is 54.6 Å². The summed E-state index contributed by atoms with van der Waals surface area (Å²) in [6.07, 6.45) is 4.34. The topological polar surface area (TPSA) is 54.0 Å². The van der Waals surface area contributed by atoms with Gasteiger partial charge in [-0.05, 0) is 42.7 Å². The van der Waals surface area contributed by atoms with E-state index in [2.05, 4.69) is 39.4 Å². The van der Waals surface area contributed by atoms with E-state index in [-0.39, 0.29) is 18.7 Å². The van der Waals surface area contributed by atoms with Crippen LogP contribution in [-0.2, 0) is 21.6 Å². The summed E-state index contributed by atoms with van der Waals surface area (Å²) in [4.78, 5) is 18.5. The lowest BCUT2D eigenvalue weighted by Crippen LogP contribution is -2.62. The van der Waals surface area contributed by atoms with Gasteiger partial charge in [0.1, 0.15) is 0 Å². The van der Waals surface area contributed by atoms with Crippen LogP contribution in [0.15, 0.2) is 54.6 Å². The zero-order chi connectivity index (χ0) is 22.8. The second kappa shape index (κ2) is 9.45. The SMILES string of the molecule is COC[C@](NC(=O)N1CCC[C@H]2CN3CCc4ccccc4[C@H]3C[C@H]21)(OC)c1ccccc1. The number of nitrogens with zero attached hydrogens (tertiary/aromatic N) is 2. The van der Waals surface area contributed by atoms with E-state index < -0.39 is 5.72 Å². The highest BCUT2D eigenvalue weighted by molar-refractivity contribution is 5.76. The molecule has 2 amide bonds. The second-order valence-electron chi connectivity index (χ2n) is 9.62. The van der Waals surface area contributed by atoms with Crippen LogP contribution in [0.4, 0.5) is 4.79 Å². The molecule has 0 spiro atoms. The van der Waals surface area contributed by atoms with E-state index in [1.807, 2.05) is 30.3 Å². The fraction of sp³-hybridized carbons (Fsp3) is 0.519. The average Bonchev–Trinajstić information content (AvgIpc) is 2.87. The molecule has 0 saturated carbocycles. The van der Waals surface area contributed by atoms with Gasteiger partial charge >= 0.3 is 6.03 Å². The zero-order valence-corrected chi connectivity index (χ0v) is 19.7. The number of urea groups is 1. The summed E-state index contributed by atoms with van der Waals surface area (Å²) in [6.45, 7) is 3.21. The summed E-state index contributed by atoms with van der Waals surface area (Å²) in [5.74, 6) is 0.516. The maximum Gasteiger partial charge on any atom is 0.320 e. The quantitative estimate of drug-likeness (QED) is 0.703. The number of ether oxygens (including phenoxy) is 2. The minimum atomic E-state index is -1.02. The van der Waals surface area contributed by atoms with Crippen LogP contribution in [0.3, 0.4) is 0 Å². The lowest BCUT2D eigenvalue weighted by molar-refractivity contribution is -0.0897. The third kappa shape index (κ3) is 4.16. The van der Waals surface area contributed by atoms with E-state index in [9.17, 15) is 4.79 Å². The monoisotopic (exact) mass is 449 g/mol. The molecule has 2 saturated heterocycles. The van der Waals surface area contributed by atoms with E-state index >= 15 is 0 Å². The maximum atomic E-state index is 13.7. The molecule has 4 atom stereocenters. The van der Waals surface area contributed by atoms with E-state index in [0.717, 1.165) is 44.5 Å². The van der Waals surface area contributed by atoms with Crippen molar-refractivity contribution in [1.29, 1.82) is 0 Å². The molecule has 0 bridgehead atoms. The Morgan fingerprint density at radius 2 is 1.88 bits per heavy atom. The molecule has 0 unspecified atom stereocenters. The van der Waals surface area contributed by atoms with E-state index in [0.29, 0.717) is 12.0 Å². The van der Waals surface area contributed by atoms with Crippen LogP contribution in [-0.4, -0.2) is 62.3 Å². The molecular weight excluding hydrogens is 414 g/mol. The normalized spacial score (nSPS) is 26.5. The van der Waals surface area contributed by atoms with Crippen molar-refractivity contribution >= 4 is 6.03 Å². The number of carbonyl (C=O) groups excluding carboxylic acids is 1. The molecular formula is C27H35N3O3. The number of benzene rings is 2. The first-order valence-corrected chi connectivity index (χ1v) is 12.2. The molecule has 3 heterocycles. The number of nitrogens with one attached hydrogen (secondary N) is 1. The summed E-state index contributed by atoms with van der Waals surface area (Å²) in [5, 5.41) is 3.22. The number of amides is 2. The number of likely N-dealkylation sites (tertiary alicyclic amines) is 1. The number of methoxy groups -OCH3 is 2. The van der Waals surface area contributed by atoms with Crippen LogP contribution in [0.25, 0.3) is 0 Å². The van der Waals surface area contributed by atoms with Crippen molar-refractivity contribution in [2.45, 2.75) is 43.5 Å². The fourth-order valence-electron chi connectivity index (χ4n) is 6.22. The summed E-state index contributed by atoms with van der Waals surface area (Å²) in [6, 6.07) is 19.2. The Bertz CT molecular complexity index is 968. The molecule has 33 heavy (non-hydrogen) atoms. The van der Waals surface area contributed by atoms with Gasteiger partial charge in [0, 0.05) is 51.5 Å². The van der Waals surface area contributed by atoms with Gasteiger partial charge in [0.25, 0.3) is 0 Å². The average molecular weight is 450 g/mol. The summed E-state index contributed by atoms with van der Waals surface area (Å²) in [7, 11) is 3.26. The molecule has 6 nitrogen and oxygen atoms in total. The Kier molecular flexibility index (Phi) is 6.41. The van der Waals surface area contributed by atoms with Crippen LogP contribution in [0.5, 0.6) is 0 Å². The Labute approximate surface area is 196 Å². The van der Waals surface area contributed by atoms with Crippen molar-refractivity contribution in [3.05, 3.63) is 71.3 Å². The third-order valence-corrected chi connectivity index (χ3v) is 7.88. The summed E-state index contributed by atoms with van der Waals surface area (Å²) >= 11 is 0. The largest absolute Gasteiger partial charge is 0.379 e. The Morgan fingerprint density at radius 1 is 1.09 bits per heavy atom.